The zero-order valence-electron chi connectivity index (χ0n) is 21.4. The standard InChI is InChI=1S/C29H22Cl4N2O5/c1-3-14-6-5-7-15(4-2)26(14)34-13-16(12-19(34)36)29(39)40-18-10-8-17(9-11-18)35-27(37)20-21(28(35)38)23(31)25(33)24(32)22(20)30/h5-11,16H,3-4,12-13H2,1-2H3/t16-/m0/s1. The van der Waals surface area contributed by atoms with Gasteiger partial charge in [-0.05, 0) is 48.2 Å². The molecule has 0 aliphatic carbocycles. The maximum atomic E-state index is 13.1. The third-order valence-electron chi connectivity index (χ3n) is 7.11. The maximum absolute atomic E-state index is 13.1. The van der Waals surface area contributed by atoms with Gasteiger partial charge in [0.15, 0.2) is 0 Å². The molecule has 0 spiro atoms. The highest BCUT2D eigenvalue weighted by molar-refractivity contribution is 6.56. The minimum absolute atomic E-state index is 0.0415. The van der Waals surface area contributed by atoms with Crippen LogP contribution in [0.2, 0.25) is 20.1 Å². The average molecular weight is 620 g/mol. The molecule has 1 fully saturated rings. The van der Waals surface area contributed by atoms with Gasteiger partial charge in [0.2, 0.25) is 5.91 Å². The second-order valence-electron chi connectivity index (χ2n) is 9.40. The molecule has 0 bridgehead atoms. The van der Waals surface area contributed by atoms with E-state index >= 15 is 0 Å². The van der Waals surface area contributed by atoms with Gasteiger partial charge in [-0.3, -0.25) is 19.2 Å². The predicted molar refractivity (Wildman–Crippen MR) is 155 cm³/mol. The molecule has 11 heteroatoms. The molecule has 1 saturated heterocycles. The molecule has 2 aliphatic heterocycles. The largest absolute Gasteiger partial charge is 0.426 e. The Bertz CT molecular complexity index is 1520. The van der Waals surface area contributed by atoms with Gasteiger partial charge in [-0.15, -0.1) is 0 Å². The van der Waals surface area contributed by atoms with Gasteiger partial charge in [0.25, 0.3) is 11.8 Å². The number of hydrogen-bond acceptors (Lipinski definition) is 5. The smallest absolute Gasteiger partial charge is 0.316 e. The van der Waals surface area contributed by atoms with Crippen molar-refractivity contribution in [1.82, 2.24) is 0 Å². The average Bonchev–Trinajstić information content (AvgIpc) is 3.46. The van der Waals surface area contributed by atoms with Crippen molar-refractivity contribution in [3.63, 3.8) is 0 Å². The number of amides is 3. The molecule has 206 valence electrons. The molecule has 5 rings (SSSR count). The number of para-hydroxylation sites is 1. The van der Waals surface area contributed by atoms with Gasteiger partial charge in [0.05, 0.1) is 42.8 Å². The van der Waals surface area contributed by atoms with Crippen molar-refractivity contribution in [3.05, 3.63) is 84.8 Å². The number of esters is 1. The van der Waals surface area contributed by atoms with E-state index in [0.29, 0.717) is 0 Å². The summed E-state index contributed by atoms with van der Waals surface area (Å²) in [6.45, 7) is 4.29. The molecule has 2 heterocycles. The third kappa shape index (κ3) is 4.65. The first kappa shape index (κ1) is 28.4. The van der Waals surface area contributed by atoms with Crippen molar-refractivity contribution in [1.29, 1.82) is 0 Å². The lowest BCUT2D eigenvalue weighted by Gasteiger charge is -2.23. The molecule has 3 amide bonds. The number of carbonyl (C=O) groups is 4. The SMILES string of the molecule is CCc1cccc(CC)c1N1C[C@@H](C(=O)Oc2ccc(N3C(=O)c4c(Cl)c(Cl)c(Cl)c(Cl)c4C3=O)cc2)CC1=O. The van der Waals surface area contributed by atoms with Crippen molar-refractivity contribution < 1.29 is 23.9 Å². The number of aryl methyl sites for hydroxylation is 2. The normalized spacial score (nSPS) is 16.6. The molecule has 2 aliphatic rings. The molecule has 0 unspecified atom stereocenters. The summed E-state index contributed by atoms with van der Waals surface area (Å²) in [6, 6.07) is 11.8. The highest BCUT2D eigenvalue weighted by Gasteiger charge is 2.42. The molecule has 0 N–H and O–H groups in total. The summed E-state index contributed by atoms with van der Waals surface area (Å²) in [4.78, 5) is 54.7. The lowest BCUT2D eigenvalue weighted by molar-refractivity contribution is -0.139. The Hall–Kier alpha value is -3.10. The highest BCUT2D eigenvalue weighted by atomic mass is 35.5. The quantitative estimate of drug-likeness (QED) is 0.0959. The van der Waals surface area contributed by atoms with Crippen LogP contribution in [0.5, 0.6) is 5.75 Å². The summed E-state index contributed by atoms with van der Waals surface area (Å²) in [7, 11) is 0. The third-order valence-corrected chi connectivity index (χ3v) is 8.91. The number of ether oxygens (including phenoxy) is 1. The van der Waals surface area contributed by atoms with Crippen LogP contribution in [-0.2, 0) is 22.4 Å². The van der Waals surface area contributed by atoms with Crippen LogP contribution >= 0.6 is 46.4 Å². The second kappa shape index (κ2) is 11.1. The molecule has 3 aromatic rings. The fourth-order valence-corrected chi connectivity index (χ4v) is 6.10. The maximum Gasteiger partial charge on any atom is 0.316 e. The number of anilines is 2. The van der Waals surface area contributed by atoms with Crippen LogP contribution in [-0.4, -0.2) is 30.2 Å². The van der Waals surface area contributed by atoms with Crippen LogP contribution in [0.1, 0.15) is 52.1 Å². The van der Waals surface area contributed by atoms with Crippen molar-refractivity contribution in [3.8, 4) is 5.75 Å². The first-order valence-electron chi connectivity index (χ1n) is 12.6. The molecule has 40 heavy (non-hydrogen) atoms. The fraction of sp³-hybridized carbons (Fsp3) is 0.241. The monoisotopic (exact) mass is 618 g/mol. The number of fused-ring (bicyclic) bond motifs is 1. The highest BCUT2D eigenvalue weighted by Crippen LogP contribution is 2.45. The van der Waals surface area contributed by atoms with Crippen LogP contribution < -0.4 is 14.5 Å². The topological polar surface area (TPSA) is 84.0 Å². The number of hydrogen-bond donors (Lipinski definition) is 0. The Kier molecular flexibility index (Phi) is 7.86. The number of halogens is 4. The Balaban J connectivity index is 1.32. The second-order valence-corrected chi connectivity index (χ2v) is 10.9. The van der Waals surface area contributed by atoms with Crippen LogP contribution in [0.4, 0.5) is 11.4 Å². The summed E-state index contributed by atoms with van der Waals surface area (Å²) in [5.41, 5.74) is 2.92. The van der Waals surface area contributed by atoms with E-state index in [4.69, 9.17) is 51.1 Å². The van der Waals surface area contributed by atoms with Crippen molar-refractivity contribution in [2.24, 2.45) is 5.92 Å². The molecule has 3 aromatic carbocycles. The van der Waals surface area contributed by atoms with Crippen LogP contribution in [0.25, 0.3) is 0 Å². The molecule has 1 atom stereocenters. The Labute approximate surface area is 250 Å². The van der Waals surface area contributed by atoms with Gasteiger partial charge in [-0.1, -0.05) is 78.5 Å². The minimum atomic E-state index is -0.710. The zero-order chi connectivity index (χ0) is 28.9. The first-order valence-corrected chi connectivity index (χ1v) is 14.1. The number of benzene rings is 3. The fourth-order valence-electron chi connectivity index (χ4n) is 5.09. The van der Waals surface area contributed by atoms with Crippen LogP contribution in [0, 0.1) is 5.92 Å². The van der Waals surface area contributed by atoms with Crippen molar-refractivity contribution >= 4 is 81.5 Å². The van der Waals surface area contributed by atoms with E-state index in [1.54, 1.807) is 4.90 Å². The Morgan fingerprint density at radius 1 is 0.825 bits per heavy atom. The van der Waals surface area contributed by atoms with Crippen molar-refractivity contribution in [2.45, 2.75) is 33.1 Å². The van der Waals surface area contributed by atoms with Crippen LogP contribution in [0.3, 0.4) is 0 Å². The van der Waals surface area contributed by atoms with Crippen molar-refractivity contribution in [2.75, 3.05) is 16.3 Å². The Morgan fingerprint density at radius 2 is 1.35 bits per heavy atom. The van der Waals surface area contributed by atoms with Gasteiger partial charge in [-0.25, -0.2) is 4.90 Å². The summed E-state index contributed by atoms with van der Waals surface area (Å²) < 4.78 is 5.56. The van der Waals surface area contributed by atoms with E-state index in [1.807, 2.05) is 32.0 Å². The molecule has 0 saturated carbocycles. The lowest BCUT2D eigenvalue weighted by atomic mass is 10.0. The van der Waals surface area contributed by atoms with E-state index in [1.165, 1.54) is 24.3 Å². The number of carbonyl (C=O) groups excluding carboxylic acids is 4. The van der Waals surface area contributed by atoms with E-state index in [9.17, 15) is 19.2 Å². The summed E-state index contributed by atoms with van der Waals surface area (Å²) in [6.07, 6.45) is 1.57. The summed E-state index contributed by atoms with van der Waals surface area (Å²) in [5, 5.41) is -0.564. The van der Waals surface area contributed by atoms with E-state index in [0.717, 1.165) is 34.6 Å². The van der Waals surface area contributed by atoms with E-state index in [-0.39, 0.29) is 61.5 Å². The molecule has 7 nitrogen and oxygen atoms in total. The summed E-state index contributed by atoms with van der Waals surface area (Å²) in [5.74, 6) is -2.54. The van der Waals surface area contributed by atoms with Gasteiger partial charge in [0.1, 0.15) is 5.75 Å². The van der Waals surface area contributed by atoms with Gasteiger partial charge >= 0.3 is 5.97 Å². The summed E-state index contributed by atoms with van der Waals surface area (Å²) >= 11 is 24.6. The first-order chi connectivity index (χ1) is 19.1. The molecular formula is C29H22Cl4N2O5. The molecular weight excluding hydrogens is 598 g/mol. The number of rotatable bonds is 6. The van der Waals surface area contributed by atoms with Crippen LogP contribution in [0.15, 0.2) is 42.5 Å². The molecule has 0 aromatic heterocycles. The van der Waals surface area contributed by atoms with Gasteiger partial charge < -0.3 is 9.64 Å². The lowest BCUT2D eigenvalue weighted by Crippen LogP contribution is -2.29. The van der Waals surface area contributed by atoms with E-state index < -0.39 is 23.7 Å². The Morgan fingerprint density at radius 3 is 1.85 bits per heavy atom. The predicted octanol–water partition coefficient (Wildman–Crippen LogP) is 7.18. The van der Waals surface area contributed by atoms with Gasteiger partial charge in [0, 0.05) is 18.7 Å². The number of imide groups is 1. The molecule has 0 radical (unpaired) electrons. The number of nitrogens with zero attached hydrogens (tertiary/aromatic N) is 2. The van der Waals surface area contributed by atoms with Gasteiger partial charge in [-0.2, -0.15) is 0 Å². The minimum Gasteiger partial charge on any atom is -0.426 e. The van der Waals surface area contributed by atoms with E-state index in [2.05, 4.69) is 0 Å². The zero-order valence-corrected chi connectivity index (χ0v) is 24.4.